The molecule has 0 unspecified atom stereocenters. The van der Waals surface area contributed by atoms with Crippen LogP contribution in [0, 0.1) is 0 Å². The van der Waals surface area contributed by atoms with Gasteiger partial charge in [-0.05, 0) is 12.1 Å². The molecule has 1 rings (SSSR count). The van der Waals surface area contributed by atoms with Crippen LogP contribution in [-0.4, -0.2) is 16.3 Å². The third-order valence-corrected chi connectivity index (χ3v) is 1.13. The molecule has 0 spiro atoms. The molecule has 0 atom stereocenters. The Morgan fingerprint density at radius 3 is 2.64 bits per heavy atom. The average molecular weight is 151 g/mol. The molecule has 0 amide bonds. The molecule has 0 aliphatic heterocycles. The standard InChI is InChI=1S/C7H5NO3/c9-4-8-6-2-1-5(10)3-7(6)11/h1-3,10-11H. The van der Waals surface area contributed by atoms with Gasteiger partial charge < -0.3 is 10.2 Å². The lowest BCUT2D eigenvalue weighted by atomic mass is 10.3. The summed E-state index contributed by atoms with van der Waals surface area (Å²) in [5.41, 5.74) is 0.0952. The molecule has 56 valence electrons. The highest BCUT2D eigenvalue weighted by atomic mass is 16.3. The third-order valence-electron chi connectivity index (χ3n) is 1.13. The Kier molecular flexibility index (Phi) is 1.90. The van der Waals surface area contributed by atoms with E-state index in [4.69, 9.17) is 10.2 Å². The highest BCUT2D eigenvalue weighted by molar-refractivity contribution is 5.58. The van der Waals surface area contributed by atoms with Gasteiger partial charge in [0.05, 0.1) is 0 Å². The van der Waals surface area contributed by atoms with Crippen molar-refractivity contribution in [2.75, 3.05) is 0 Å². The first-order valence-corrected chi connectivity index (χ1v) is 2.84. The average Bonchev–Trinajstić information content (AvgIpc) is 1.95. The van der Waals surface area contributed by atoms with Crippen molar-refractivity contribution < 1.29 is 15.0 Å². The quantitative estimate of drug-likeness (QED) is 0.465. The van der Waals surface area contributed by atoms with Crippen LogP contribution in [0.5, 0.6) is 11.5 Å². The molecule has 2 N–H and O–H groups in total. The Balaban J connectivity index is 3.19. The summed E-state index contributed by atoms with van der Waals surface area (Å²) in [6.45, 7) is 0. The molecular weight excluding hydrogens is 146 g/mol. The van der Waals surface area contributed by atoms with Crippen LogP contribution in [0.2, 0.25) is 0 Å². The Hall–Kier alpha value is -1.80. The Morgan fingerprint density at radius 1 is 1.36 bits per heavy atom. The van der Waals surface area contributed by atoms with Gasteiger partial charge in [-0.1, -0.05) is 0 Å². The maximum absolute atomic E-state index is 9.75. The zero-order chi connectivity index (χ0) is 8.27. The number of phenols is 2. The molecular formula is C7H5NO3. The highest BCUT2D eigenvalue weighted by Gasteiger charge is 1.98. The number of phenolic OH excluding ortho intramolecular Hbond substituents is 2. The van der Waals surface area contributed by atoms with Crippen LogP contribution in [0.4, 0.5) is 5.69 Å². The molecule has 0 fully saturated rings. The van der Waals surface area contributed by atoms with Gasteiger partial charge in [-0.2, -0.15) is 4.99 Å². The van der Waals surface area contributed by atoms with E-state index in [0.717, 1.165) is 6.07 Å². The lowest BCUT2D eigenvalue weighted by Crippen LogP contribution is -1.67. The van der Waals surface area contributed by atoms with Gasteiger partial charge in [-0.15, -0.1) is 0 Å². The molecule has 0 bridgehead atoms. The maximum Gasteiger partial charge on any atom is 0.240 e. The number of hydrogen-bond donors (Lipinski definition) is 2. The number of aliphatic imine (C=N–C) groups is 1. The van der Waals surface area contributed by atoms with Gasteiger partial charge in [0.25, 0.3) is 0 Å². The molecule has 4 nitrogen and oxygen atoms in total. The monoisotopic (exact) mass is 151 g/mol. The summed E-state index contributed by atoms with van der Waals surface area (Å²) in [6.07, 6.45) is 1.28. The number of carbonyl (C=O) groups excluding carboxylic acids is 1. The van der Waals surface area contributed by atoms with E-state index in [2.05, 4.69) is 4.99 Å². The van der Waals surface area contributed by atoms with Crippen LogP contribution in [0.1, 0.15) is 0 Å². The van der Waals surface area contributed by atoms with Crippen LogP contribution in [-0.2, 0) is 4.79 Å². The van der Waals surface area contributed by atoms with Crippen LogP contribution < -0.4 is 0 Å². The zero-order valence-electron chi connectivity index (χ0n) is 5.48. The summed E-state index contributed by atoms with van der Waals surface area (Å²) in [5, 5.41) is 17.8. The smallest absolute Gasteiger partial charge is 0.240 e. The van der Waals surface area contributed by atoms with Gasteiger partial charge in [0.2, 0.25) is 6.08 Å². The number of aromatic hydroxyl groups is 2. The molecule has 0 aliphatic rings. The fourth-order valence-electron chi connectivity index (χ4n) is 0.656. The Morgan fingerprint density at radius 2 is 2.09 bits per heavy atom. The Labute approximate surface area is 62.4 Å². The van der Waals surface area contributed by atoms with E-state index in [1.54, 1.807) is 0 Å². The minimum atomic E-state index is -0.242. The van der Waals surface area contributed by atoms with Crippen LogP contribution in [0.25, 0.3) is 0 Å². The predicted molar refractivity (Wildman–Crippen MR) is 37.6 cm³/mol. The molecule has 0 radical (unpaired) electrons. The van der Waals surface area contributed by atoms with E-state index >= 15 is 0 Å². The van der Waals surface area contributed by atoms with E-state index in [1.165, 1.54) is 18.2 Å². The minimum absolute atomic E-state index is 0.0765. The first-order valence-electron chi connectivity index (χ1n) is 2.84. The fourth-order valence-corrected chi connectivity index (χ4v) is 0.656. The van der Waals surface area contributed by atoms with Gasteiger partial charge in [-0.25, -0.2) is 4.79 Å². The van der Waals surface area contributed by atoms with Crippen molar-refractivity contribution in [1.82, 2.24) is 0 Å². The van der Waals surface area contributed by atoms with Crippen molar-refractivity contribution in [3.8, 4) is 11.5 Å². The molecule has 4 heteroatoms. The second-order valence-corrected chi connectivity index (χ2v) is 1.88. The summed E-state index contributed by atoms with van der Waals surface area (Å²) in [5.74, 6) is -0.319. The molecule has 0 heterocycles. The molecule has 1 aromatic rings. The lowest BCUT2D eigenvalue weighted by Gasteiger charge is -1.95. The first kappa shape index (κ1) is 7.31. The summed E-state index contributed by atoms with van der Waals surface area (Å²) in [4.78, 5) is 12.9. The number of rotatable bonds is 1. The van der Waals surface area contributed by atoms with Crippen molar-refractivity contribution in [3.63, 3.8) is 0 Å². The maximum atomic E-state index is 9.75. The van der Waals surface area contributed by atoms with Crippen molar-refractivity contribution in [2.45, 2.75) is 0 Å². The van der Waals surface area contributed by atoms with E-state index in [-0.39, 0.29) is 17.2 Å². The lowest BCUT2D eigenvalue weighted by molar-refractivity contribution is 0.451. The van der Waals surface area contributed by atoms with E-state index in [1.807, 2.05) is 0 Å². The molecule has 0 saturated heterocycles. The highest BCUT2D eigenvalue weighted by Crippen LogP contribution is 2.28. The van der Waals surface area contributed by atoms with Crippen molar-refractivity contribution in [1.29, 1.82) is 0 Å². The van der Waals surface area contributed by atoms with E-state index < -0.39 is 0 Å². The van der Waals surface area contributed by atoms with Gasteiger partial charge in [-0.3, -0.25) is 0 Å². The zero-order valence-corrected chi connectivity index (χ0v) is 5.48. The predicted octanol–water partition coefficient (Wildman–Crippen LogP) is 1.07. The topological polar surface area (TPSA) is 69.9 Å². The summed E-state index contributed by atoms with van der Waals surface area (Å²) in [6, 6.07) is 3.72. The van der Waals surface area contributed by atoms with Crippen molar-refractivity contribution in [2.24, 2.45) is 4.99 Å². The molecule has 0 aliphatic carbocycles. The largest absolute Gasteiger partial charge is 0.508 e. The number of hydrogen-bond acceptors (Lipinski definition) is 4. The van der Waals surface area contributed by atoms with Crippen molar-refractivity contribution >= 4 is 11.8 Å². The summed E-state index contributed by atoms with van der Waals surface area (Å²) in [7, 11) is 0. The summed E-state index contributed by atoms with van der Waals surface area (Å²) >= 11 is 0. The van der Waals surface area contributed by atoms with Gasteiger partial charge >= 0.3 is 0 Å². The van der Waals surface area contributed by atoms with Crippen LogP contribution in [0.15, 0.2) is 23.2 Å². The van der Waals surface area contributed by atoms with Gasteiger partial charge in [0.1, 0.15) is 17.2 Å². The third kappa shape index (κ3) is 1.56. The van der Waals surface area contributed by atoms with Crippen LogP contribution in [0.3, 0.4) is 0 Å². The normalized spacial score (nSPS) is 8.73. The number of isocyanates is 1. The molecule has 0 saturated carbocycles. The second kappa shape index (κ2) is 2.86. The van der Waals surface area contributed by atoms with Gasteiger partial charge in [0, 0.05) is 6.07 Å². The van der Waals surface area contributed by atoms with Gasteiger partial charge in [0.15, 0.2) is 0 Å². The second-order valence-electron chi connectivity index (χ2n) is 1.88. The first-order chi connectivity index (χ1) is 5.24. The molecule has 0 aromatic heterocycles. The van der Waals surface area contributed by atoms with E-state index in [9.17, 15) is 4.79 Å². The Bertz CT molecular complexity index is 315. The fraction of sp³-hybridized carbons (Fsp3) is 0. The number of benzene rings is 1. The molecule has 1 aromatic carbocycles. The number of nitrogens with zero attached hydrogens (tertiary/aromatic N) is 1. The molecule has 11 heavy (non-hydrogen) atoms. The van der Waals surface area contributed by atoms with Crippen molar-refractivity contribution in [3.05, 3.63) is 18.2 Å². The minimum Gasteiger partial charge on any atom is -0.508 e. The van der Waals surface area contributed by atoms with E-state index in [0.29, 0.717) is 0 Å². The van der Waals surface area contributed by atoms with Crippen LogP contribution >= 0.6 is 0 Å². The summed E-state index contributed by atoms with van der Waals surface area (Å²) < 4.78 is 0. The SMILES string of the molecule is O=C=Nc1ccc(O)cc1O.